The number of hydrogen-bond acceptors (Lipinski definition) is 3. The van der Waals surface area contributed by atoms with Crippen molar-refractivity contribution in [3.05, 3.63) is 35.6 Å². The highest BCUT2D eigenvalue weighted by Crippen LogP contribution is 2.11. The molecular weight excluding hydrogens is 233 g/mol. The van der Waals surface area contributed by atoms with Crippen molar-refractivity contribution in [2.45, 2.75) is 25.8 Å². The number of benzene rings is 1. The second-order valence-corrected chi connectivity index (χ2v) is 5.17. The Morgan fingerprint density at radius 3 is 2.39 bits per heavy atom. The molecule has 3 nitrogen and oxygen atoms in total. The smallest absolute Gasteiger partial charge is 0.151 e. The summed E-state index contributed by atoms with van der Waals surface area (Å²) in [6, 6.07) is 5.93. The fourth-order valence-corrected chi connectivity index (χ4v) is 1.49. The number of halogens is 1. The molecule has 0 saturated carbocycles. The van der Waals surface area contributed by atoms with Crippen molar-refractivity contribution >= 4 is 5.78 Å². The molecule has 0 spiro atoms. The van der Waals surface area contributed by atoms with E-state index in [1.807, 2.05) is 18.7 Å². The lowest BCUT2D eigenvalue weighted by molar-refractivity contribution is -0.120. The van der Waals surface area contributed by atoms with E-state index in [1.54, 1.807) is 19.2 Å². The van der Waals surface area contributed by atoms with E-state index in [0.29, 0.717) is 0 Å². The van der Waals surface area contributed by atoms with Crippen molar-refractivity contribution in [2.24, 2.45) is 0 Å². The molecule has 0 atom stereocenters. The van der Waals surface area contributed by atoms with Crippen molar-refractivity contribution in [3.8, 4) is 0 Å². The summed E-state index contributed by atoms with van der Waals surface area (Å²) in [5, 5.41) is 9.20. The summed E-state index contributed by atoms with van der Waals surface area (Å²) in [4.78, 5) is 13.7. The highest BCUT2D eigenvalue weighted by Gasteiger charge is 2.23. The molecule has 1 N–H and O–H groups in total. The van der Waals surface area contributed by atoms with Gasteiger partial charge in [0, 0.05) is 12.0 Å². The molecule has 1 aromatic rings. The normalized spacial score (nSPS) is 11.9. The molecule has 0 bridgehead atoms. The third-order valence-corrected chi connectivity index (χ3v) is 3.15. The monoisotopic (exact) mass is 253 g/mol. The first-order valence-corrected chi connectivity index (χ1v) is 5.93. The topological polar surface area (TPSA) is 40.5 Å². The lowest BCUT2D eigenvalue weighted by atomic mass is 10.0. The zero-order chi connectivity index (χ0) is 13.8. The summed E-state index contributed by atoms with van der Waals surface area (Å²) in [7, 11) is 1.80. The van der Waals surface area contributed by atoms with Gasteiger partial charge in [0.1, 0.15) is 5.82 Å². The van der Waals surface area contributed by atoms with Crippen molar-refractivity contribution in [3.63, 3.8) is 0 Å². The SMILES string of the molecule is CN(CC(=O)Cc1ccc(F)cc1)C(C)(C)CO. The molecule has 0 fully saturated rings. The third kappa shape index (κ3) is 4.20. The summed E-state index contributed by atoms with van der Waals surface area (Å²) in [5.41, 5.74) is 0.384. The van der Waals surface area contributed by atoms with Crippen LogP contribution in [0, 0.1) is 5.82 Å². The molecule has 0 aliphatic rings. The standard InChI is InChI=1S/C14H20FNO2/c1-14(2,10-17)16(3)9-13(18)8-11-4-6-12(15)7-5-11/h4-7,17H,8-10H2,1-3H3. The number of likely N-dealkylation sites (N-methyl/N-ethyl adjacent to an activating group) is 1. The predicted octanol–water partition coefficient (Wildman–Crippen LogP) is 1.64. The van der Waals surface area contributed by atoms with Gasteiger partial charge >= 0.3 is 0 Å². The largest absolute Gasteiger partial charge is 0.394 e. The average Bonchev–Trinajstić information content (AvgIpc) is 2.32. The Morgan fingerprint density at radius 2 is 1.89 bits per heavy atom. The average molecular weight is 253 g/mol. The quantitative estimate of drug-likeness (QED) is 0.838. The van der Waals surface area contributed by atoms with Gasteiger partial charge in [-0.25, -0.2) is 4.39 Å². The molecule has 0 unspecified atom stereocenters. The van der Waals surface area contributed by atoms with Crippen LogP contribution in [0.4, 0.5) is 4.39 Å². The number of carbonyl (C=O) groups excluding carboxylic acids is 1. The summed E-state index contributed by atoms with van der Waals surface area (Å²) in [6.45, 7) is 4.01. The molecule has 1 rings (SSSR count). The Labute approximate surface area is 107 Å². The molecule has 1 aromatic carbocycles. The van der Waals surface area contributed by atoms with Gasteiger partial charge in [-0.1, -0.05) is 12.1 Å². The minimum Gasteiger partial charge on any atom is -0.394 e. The summed E-state index contributed by atoms with van der Waals surface area (Å²) in [6.07, 6.45) is 0.284. The van der Waals surface area contributed by atoms with Gasteiger partial charge in [0.25, 0.3) is 0 Å². The van der Waals surface area contributed by atoms with E-state index in [0.717, 1.165) is 5.56 Å². The van der Waals surface area contributed by atoms with E-state index < -0.39 is 5.54 Å². The highest BCUT2D eigenvalue weighted by molar-refractivity contribution is 5.82. The fourth-order valence-electron chi connectivity index (χ4n) is 1.49. The van der Waals surface area contributed by atoms with Crippen molar-refractivity contribution in [2.75, 3.05) is 20.2 Å². The van der Waals surface area contributed by atoms with Crippen molar-refractivity contribution < 1.29 is 14.3 Å². The van der Waals surface area contributed by atoms with Crippen LogP contribution in [0.5, 0.6) is 0 Å². The Bertz CT molecular complexity index is 401. The lowest BCUT2D eigenvalue weighted by Crippen LogP contribution is -2.46. The first kappa shape index (κ1) is 14.8. The van der Waals surface area contributed by atoms with Crippen LogP contribution in [-0.4, -0.2) is 41.5 Å². The second kappa shape index (κ2) is 6.07. The Morgan fingerprint density at radius 1 is 1.33 bits per heavy atom. The minimum atomic E-state index is -0.418. The van der Waals surface area contributed by atoms with E-state index in [1.165, 1.54) is 12.1 Å². The van der Waals surface area contributed by atoms with E-state index in [9.17, 15) is 14.3 Å². The molecule has 0 aliphatic carbocycles. The van der Waals surface area contributed by atoms with Gasteiger partial charge < -0.3 is 5.11 Å². The molecule has 0 aromatic heterocycles. The second-order valence-electron chi connectivity index (χ2n) is 5.17. The zero-order valence-electron chi connectivity index (χ0n) is 11.1. The van der Waals surface area contributed by atoms with Crippen LogP contribution in [0.15, 0.2) is 24.3 Å². The summed E-state index contributed by atoms with van der Waals surface area (Å²) < 4.78 is 12.7. The molecule has 0 radical (unpaired) electrons. The number of aliphatic hydroxyl groups excluding tert-OH is 1. The number of hydrogen-bond donors (Lipinski definition) is 1. The zero-order valence-corrected chi connectivity index (χ0v) is 11.1. The van der Waals surface area contributed by atoms with Crippen LogP contribution in [0.2, 0.25) is 0 Å². The van der Waals surface area contributed by atoms with E-state index in [-0.39, 0.29) is 31.2 Å². The van der Waals surface area contributed by atoms with Crippen molar-refractivity contribution in [1.82, 2.24) is 4.90 Å². The first-order valence-electron chi connectivity index (χ1n) is 5.93. The molecule has 18 heavy (non-hydrogen) atoms. The van der Waals surface area contributed by atoms with E-state index >= 15 is 0 Å². The number of rotatable bonds is 6. The van der Waals surface area contributed by atoms with Crippen LogP contribution >= 0.6 is 0 Å². The van der Waals surface area contributed by atoms with Gasteiger partial charge in [0.05, 0.1) is 13.2 Å². The molecule has 0 heterocycles. The predicted molar refractivity (Wildman–Crippen MR) is 68.9 cm³/mol. The number of carbonyl (C=O) groups is 1. The van der Waals surface area contributed by atoms with Gasteiger partial charge in [-0.15, -0.1) is 0 Å². The first-order chi connectivity index (χ1) is 8.35. The summed E-state index contributed by atoms with van der Waals surface area (Å²) in [5.74, 6) is -0.254. The molecule has 0 aliphatic heterocycles. The highest BCUT2D eigenvalue weighted by atomic mass is 19.1. The molecule has 0 saturated heterocycles. The maximum Gasteiger partial charge on any atom is 0.151 e. The van der Waals surface area contributed by atoms with Crippen LogP contribution in [0.3, 0.4) is 0 Å². The van der Waals surface area contributed by atoms with E-state index in [4.69, 9.17) is 0 Å². The van der Waals surface area contributed by atoms with Gasteiger partial charge in [-0.05, 0) is 38.6 Å². The molecule has 0 amide bonds. The molecule has 4 heteroatoms. The number of Topliss-reactive ketones (excluding diaryl/α,β-unsaturated/α-hetero) is 1. The third-order valence-electron chi connectivity index (χ3n) is 3.15. The Balaban J connectivity index is 2.54. The summed E-state index contributed by atoms with van der Waals surface area (Å²) >= 11 is 0. The van der Waals surface area contributed by atoms with Gasteiger partial charge in [-0.3, -0.25) is 9.69 Å². The van der Waals surface area contributed by atoms with Gasteiger partial charge in [-0.2, -0.15) is 0 Å². The number of aliphatic hydroxyl groups is 1. The molecular formula is C14H20FNO2. The molecule has 100 valence electrons. The lowest BCUT2D eigenvalue weighted by Gasteiger charge is -2.33. The van der Waals surface area contributed by atoms with Crippen LogP contribution < -0.4 is 0 Å². The Kier molecular flexibility index (Phi) is 4.99. The van der Waals surface area contributed by atoms with Crippen LogP contribution in [0.1, 0.15) is 19.4 Å². The van der Waals surface area contributed by atoms with Crippen molar-refractivity contribution in [1.29, 1.82) is 0 Å². The maximum atomic E-state index is 12.7. The number of ketones is 1. The van der Waals surface area contributed by atoms with Crippen LogP contribution in [0.25, 0.3) is 0 Å². The minimum absolute atomic E-state index is 0.00662. The van der Waals surface area contributed by atoms with E-state index in [2.05, 4.69) is 0 Å². The van der Waals surface area contributed by atoms with Gasteiger partial charge in [0.2, 0.25) is 0 Å². The maximum absolute atomic E-state index is 12.7. The van der Waals surface area contributed by atoms with Crippen LogP contribution in [-0.2, 0) is 11.2 Å². The fraction of sp³-hybridized carbons (Fsp3) is 0.500. The Hall–Kier alpha value is -1.26. The number of nitrogens with zero attached hydrogens (tertiary/aromatic N) is 1. The van der Waals surface area contributed by atoms with Gasteiger partial charge in [0.15, 0.2) is 5.78 Å².